The van der Waals surface area contributed by atoms with E-state index in [9.17, 15) is 4.79 Å². The zero-order chi connectivity index (χ0) is 17.5. The molecule has 1 N–H and O–H groups in total. The van der Waals surface area contributed by atoms with Gasteiger partial charge in [-0.1, -0.05) is 18.2 Å². The van der Waals surface area contributed by atoms with Gasteiger partial charge in [-0.15, -0.1) is 0 Å². The Kier molecular flexibility index (Phi) is 5.69. The molecule has 1 aliphatic rings. The van der Waals surface area contributed by atoms with Gasteiger partial charge >= 0.3 is 0 Å². The first-order valence-electron chi connectivity index (χ1n) is 7.99. The maximum atomic E-state index is 12.2. The van der Waals surface area contributed by atoms with Crippen molar-refractivity contribution in [3.05, 3.63) is 48.2 Å². The van der Waals surface area contributed by atoms with Gasteiger partial charge in [0.05, 0.1) is 6.61 Å². The number of carbonyl (C=O) groups is 1. The molecule has 2 aromatic rings. The molecule has 1 amide bonds. The van der Waals surface area contributed by atoms with Gasteiger partial charge < -0.3 is 24.3 Å². The van der Waals surface area contributed by atoms with Crippen LogP contribution in [0, 0.1) is 0 Å². The van der Waals surface area contributed by atoms with Crippen LogP contribution in [0.1, 0.15) is 5.56 Å². The van der Waals surface area contributed by atoms with Crippen LogP contribution >= 0.6 is 0 Å². The van der Waals surface area contributed by atoms with Crippen molar-refractivity contribution in [2.45, 2.75) is 12.6 Å². The number of carbonyl (C=O) groups excluding carboxylic acids is 1. The number of aromatic nitrogens is 1. The fraction of sp³-hybridized carbons (Fsp3) is 0.333. The minimum Gasteiger partial charge on any atom is -0.485 e. The SMILES string of the molecule is COCCOc1ccc(CNC(=O)[C@H]2COc3ccccc3O2)cn1. The first kappa shape index (κ1) is 17.0. The minimum atomic E-state index is -0.667. The van der Waals surface area contributed by atoms with Crippen LogP contribution in [0.4, 0.5) is 0 Å². The Morgan fingerprint density at radius 2 is 2.08 bits per heavy atom. The van der Waals surface area contributed by atoms with Crippen LogP contribution in [0.5, 0.6) is 17.4 Å². The second-order valence-electron chi connectivity index (χ2n) is 5.43. The molecule has 0 bridgehead atoms. The van der Waals surface area contributed by atoms with Crippen molar-refractivity contribution in [3.63, 3.8) is 0 Å². The number of rotatable bonds is 7. The molecule has 132 valence electrons. The number of nitrogens with one attached hydrogen (secondary N) is 1. The minimum absolute atomic E-state index is 0.188. The number of para-hydroxylation sites is 2. The molecule has 7 nitrogen and oxygen atoms in total. The van der Waals surface area contributed by atoms with Crippen molar-refractivity contribution < 1.29 is 23.7 Å². The van der Waals surface area contributed by atoms with E-state index < -0.39 is 6.10 Å². The molecule has 0 aliphatic carbocycles. The van der Waals surface area contributed by atoms with Gasteiger partial charge in [-0.25, -0.2) is 4.98 Å². The van der Waals surface area contributed by atoms with E-state index in [0.717, 1.165) is 5.56 Å². The highest BCUT2D eigenvalue weighted by Gasteiger charge is 2.26. The van der Waals surface area contributed by atoms with E-state index >= 15 is 0 Å². The van der Waals surface area contributed by atoms with Crippen LogP contribution in [0.3, 0.4) is 0 Å². The van der Waals surface area contributed by atoms with Gasteiger partial charge in [0.25, 0.3) is 5.91 Å². The van der Waals surface area contributed by atoms with Gasteiger partial charge in [0, 0.05) is 25.9 Å². The third-order valence-electron chi connectivity index (χ3n) is 3.60. The van der Waals surface area contributed by atoms with E-state index in [1.807, 2.05) is 24.3 Å². The second-order valence-corrected chi connectivity index (χ2v) is 5.43. The van der Waals surface area contributed by atoms with E-state index in [0.29, 0.717) is 37.1 Å². The lowest BCUT2D eigenvalue weighted by molar-refractivity contribution is -0.130. The Morgan fingerprint density at radius 1 is 1.24 bits per heavy atom. The lowest BCUT2D eigenvalue weighted by Crippen LogP contribution is -2.43. The molecule has 2 heterocycles. The van der Waals surface area contributed by atoms with E-state index in [-0.39, 0.29) is 12.5 Å². The molecule has 1 atom stereocenters. The normalized spacial score (nSPS) is 15.5. The highest BCUT2D eigenvalue weighted by atomic mass is 16.6. The quantitative estimate of drug-likeness (QED) is 0.768. The Hall–Kier alpha value is -2.80. The average Bonchev–Trinajstić information content (AvgIpc) is 2.67. The molecular formula is C18H20N2O5. The van der Waals surface area contributed by atoms with E-state index in [1.54, 1.807) is 25.4 Å². The number of nitrogens with zero attached hydrogens (tertiary/aromatic N) is 1. The van der Waals surface area contributed by atoms with Gasteiger partial charge in [-0.3, -0.25) is 4.79 Å². The van der Waals surface area contributed by atoms with Crippen molar-refractivity contribution in [2.24, 2.45) is 0 Å². The van der Waals surface area contributed by atoms with Crippen LogP contribution < -0.4 is 19.5 Å². The standard InChI is InChI=1S/C18H20N2O5/c1-22-8-9-23-17-7-6-13(10-19-17)11-20-18(21)16-12-24-14-4-2-3-5-15(14)25-16/h2-7,10,16H,8-9,11-12H2,1H3,(H,20,21)/t16-/m1/s1. The molecule has 0 fully saturated rings. The van der Waals surface area contributed by atoms with E-state index in [1.165, 1.54) is 0 Å². The summed E-state index contributed by atoms with van der Waals surface area (Å²) in [5, 5.41) is 2.83. The number of amides is 1. The number of methoxy groups -OCH3 is 1. The van der Waals surface area contributed by atoms with E-state index in [4.69, 9.17) is 18.9 Å². The number of hydrogen-bond acceptors (Lipinski definition) is 6. The van der Waals surface area contributed by atoms with Crippen LogP contribution in [0.2, 0.25) is 0 Å². The molecule has 1 aliphatic heterocycles. The van der Waals surface area contributed by atoms with Crippen LogP contribution in [-0.2, 0) is 16.1 Å². The highest BCUT2D eigenvalue weighted by Crippen LogP contribution is 2.30. The van der Waals surface area contributed by atoms with Crippen molar-refractivity contribution in [1.82, 2.24) is 10.3 Å². The molecule has 25 heavy (non-hydrogen) atoms. The zero-order valence-corrected chi connectivity index (χ0v) is 13.9. The monoisotopic (exact) mass is 344 g/mol. The molecule has 3 rings (SSSR count). The Morgan fingerprint density at radius 3 is 2.84 bits per heavy atom. The van der Waals surface area contributed by atoms with Gasteiger partial charge in [0.15, 0.2) is 11.5 Å². The summed E-state index contributed by atoms with van der Waals surface area (Å²) in [6.45, 7) is 1.49. The molecule has 0 spiro atoms. The van der Waals surface area contributed by atoms with Crippen LogP contribution in [0.15, 0.2) is 42.6 Å². The topological polar surface area (TPSA) is 78.9 Å². The molecule has 0 saturated carbocycles. The second kappa shape index (κ2) is 8.34. The number of fused-ring (bicyclic) bond motifs is 1. The smallest absolute Gasteiger partial charge is 0.264 e. The largest absolute Gasteiger partial charge is 0.485 e. The Balaban J connectivity index is 1.48. The average molecular weight is 344 g/mol. The molecule has 7 heteroatoms. The maximum absolute atomic E-state index is 12.2. The summed E-state index contributed by atoms with van der Waals surface area (Å²) in [5.74, 6) is 1.52. The molecule has 1 aromatic carbocycles. The summed E-state index contributed by atoms with van der Waals surface area (Å²) >= 11 is 0. The van der Waals surface area contributed by atoms with Crippen LogP contribution in [-0.4, -0.2) is 43.9 Å². The third kappa shape index (κ3) is 4.60. The summed E-state index contributed by atoms with van der Waals surface area (Å²) in [6.07, 6.45) is 0.996. The number of ether oxygens (including phenoxy) is 4. The molecule has 1 aromatic heterocycles. The summed E-state index contributed by atoms with van der Waals surface area (Å²) < 4.78 is 21.5. The van der Waals surface area contributed by atoms with Crippen molar-refractivity contribution in [3.8, 4) is 17.4 Å². The maximum Gasteiger partial charge on any atom is 0.264 e. The zero-order valence-electron chi connectivity index (χ0n) is 13.9. The highest BCUT2D eigenvalue weighted by molar-refractivity contribution is 5.81. The number of benzene rings is 1. The van der Waals surface area contributed by atoms with Crippen molar-refractivity contribution in [2.75, 3.05) is 26.9 Å². The number of hydrogen-bond donors (Lipinski definition) is 1. The first-order valence-corrected chi connectivity index (χ1v) is 7.99. The summed E-state index contributed by atoms with van der Waals surface area (Å²) in [5.41, 5.74) is 0.865. The van der Waals surface area contributed by atoms with Crippen molar-refractivity contribution >= 4 is 5.91 Å². The van der Waals surface area contributed by atoms with Crippen molar-refractivity contribution in [1.29, 1.82) is 0 Å². The Labute approximate surface area is 145 Å². The lowest BCUT2D eigenvalue weighted by Gasteiger charge is -2.25. The first-order chi connectivity index (χ1) is 12.3. The fourth-order valence-electron chi connectivity index (χ4n) is 2.28. The lowest BCUT2D eigenvalue weighted by atomic mass is 10.2. The molecule has 0 unspecified atom stereocenters. The third-order valence-corrected chi connectivity index (χ3v) is 3.60. The predicted octanol–water partition coefficient (Wildman–Crippen LogP) is 1.56. The molecule has 0 radical (unpaired) electrons. The van der Waals surface area contributed by atoms with Gasteiger partial charge in [-0.05, 0) is 17.7 Å². The summed E-state index contributed by atoms with van der Waals surface area (Å²) in [6, 6.07) is 10.9. The van der Waals surface area contributed by atoms with Crippen LogP contribution in [0.25, 0.3) is 0 Å². The summed E-state index contributed by atoms with van der Waals surface area (Å²) in [7, 11) is 1.61. The van der Waals surface area contributed by atoms with Gasteiger partial charge in [0.1, 0.15) is 13.2 Å². The van der Waals surface area contributed by atoms with Gasteiger partial charge in [0.2, 0.25) is 12.0 Å². The Bertz CT molecular complexity index is 705. The molecular weight excluding hydrogens is 324 g/mol. The fourth-order valence-corrected chi connectivity index (χ4v) is 2.28. The number of pyridine rings is 1. The van der Waals surface area contributed by atoms with E-state index in [2.05, 4.69) is 10.3 Å². The molecule has 0 saturated heterocycles. The summed E-state index contributed by atoms with van der Waals surface area (Å²) in [4.78, 5) is 16.4. The van der Waals surface area contributed by atoms with Gasteiger partial charge in [-0.2, -0.15) is 0 Å². The predicted molar refractivity (Wildman–Crippen MR) is 89.8 cm³/mol.